The summed E-state index contributed by atoms with van der Waals surface area (Å²) in [5, 5.41) is 9.28. The molecule has 0 spiro atoms. The van der Waals surface area contributed by atoms with Gasteiger partial charge in [-0.05, 0) is 18.2 Å². The van der Waals surface area contributed by atoms with Gasteiger partial charge in [-0.15, -0.1) is 0 Å². The van der Waals surface area contributed by atoms with Gasteiger partial charge in [0.1, 0.15) is 24.0 Å². The molecule has 0 aliphatic rings. The number of benzene rings is 1. The van der Waals surface area contributed by atoms with E-state index >= 15 is 0 Å². The molecule has 0 aliphatic heterocycles. The molecule has 0 aromatic heterocycles. The minimum atomic E-state index is -0.707. The van der Waals surface area contributed by atoms with Crippen molar-refractivity contribution in [1.29, 1.82) is 5.26 Å². The molecule has 1 aromatic rings. The number of nitriles is 1. The standard InChI is InChI=1S/C20H28N2O6/c1-22(2)18-6-5-16(19(14-18)25-4)13-17(15-21)20(23)28-12-11-27-10-9-26-8-7-24-3/h5-6,13-14H,7-12H2,1-4H3/b17-13+. The number of esters is 1. The number of rotatable bonds is 13. The van der Waals surface area contributed by atoms with Crippen molar-refractivity contribution in [2.24, 2.45) is 0 Å². The van der Waals surface area contributed by atoms with Gasteiger partial charge < -0.3 is 28.6 Å². The third-order valence-electron chi connectivity index (χ3n) is 3.64. The maximum absolute atomic E-state index is 12.1. The molecule has 0 aliphatic carbocycles. The largest absolute Gasteiger partial charge is 0.496 e. The Morgan fingerprint density at radius 1 is 1.07 bits per heavy atom. The number of ether oxygens (including phenoxy) is 5. The summed E-state index contributed by atoms with van der Waals surface area (Å²) in [5.74, 6) is -0.148. The highest BCUT2D eigenvalue weighted by molar-refractivity contribution is 5.98. The Balaban J connectivity index is 2.52. The molecule has 0 bridgehead atoms. The van der Waals surface area contributed by atoms with Crippen LogP contribution in [0, 0.1) is 11.3 Å². The van der Waals surface area contributed by atoms with E-state index in [1.165, 1.54) is 13.2 Å². The number of hydrogen-bond acceptors (Lipinski definition) is 8. The van der Waals surface area contributed by atoms with Gasteiger partial charge in [0.2, 0.25) is 0 Å². The van der Waals surface area contributed by atoms with Gasteiger partial charge in [-0.1, -0.05) is 0 Å². The fourth-order valence-corrected chi connectivity index (χ4v) is 2.12. The van der Waals surface area contributed by atoms with Crippen molar-refractivity contribution < 1.29 is 28.5 Å². The third kappa shape index (κ3) is 8.39. The number of carbonyl (C=O) groups excluding carboxylic acids is 1. The Hall–Kier alpha value is -2.60. The molecule has 0 amide bonds. The third-order valence-corrected chi connectivity index (χ3v) is 3.64. The van der Waals surface area contributed by atoms with Gasteiger partial charge in [-0.2, -0.15) is 5.26 Å². The maximum Gasteiger partial charge on any atom is 0.348 e. The van der Waals surface area contributed by atoms with E-state index in [2.05, 4.69) is 0 Å². The first-order valence-corrected chi connectivity index (χ1v) is 8.82. The molecule has 0 unspecified atom stereocenters. The van der Waals surface area contributed by atoms with Gasteiger partial charge in [-0.3, -0.25) is 0 Å². The van der Waals surface area contributed by atoms with Crippen LogP contribution in [-0.4, -0.2) is 73.9 Å². The highest BCUT2D eigenvalue weighted by Gasteiger charge is 2.13. The number of methoxy groups -OCH3 is 2. The summed E-state index contributed by atoms with van der Waals surface area (Å²) in [6.45, 7) is 2.13. The van der Waals surface area contributed by atoms with Crippen LogP contribution in [0.5, 0.6) is 5.75 Å². The first-order valence-electron chi connectivity index (χ1n) is 8.82. The summed E-state index contributed by atoms with van der Waals surface area (Å²) >= 11 is 0. The Labute approximate surface area is 166 Å². The minimum Gasteiger partial charge on any atom is -0.496 e. The van der Waals surface area contributed by atoms with Crippen LogP contribution < -0.4 is 9.64 Å². The first-order chi connectivity index (χ1) is 13.5. The van der Waals surface area contributed by atoms with Crippen molar-refractivity contribution in [3.05, 3.63) is 29.3 Å². The van der Waals surface area contributed by atoms with Crippen LogP contribution in [-0.2, 0) is 23.7 Å². The normalized spacial score (nSPS) is 11.0. The quantitative estimate of drug-likeness (QED) is 0.218. The van der Waals surface area contributed by atoms with Crippen molar-refractivity contribution in [2.75, 3.05) is 72.9 Å². The lowest BCUT2D eigenvalue weighted by Crippen LogP contribution is -2.14. The Morgan fingerprint density at radius 2 is 1.71 bits per heavy atom. The van der Waals surface area contributed by atoms with Crippen LogP contribution in [0.25, 0.3) is 6.08 Å². The van der Waals surface area contributed by atoms with E-state index in [4.69, 9.17) is 23.7 Å². The summed E-state index contributed by atoms with van der Waals surface area (Å²) in [7, 11) is 6.96. The number of nitrogens with zero attached hydrogens (tertiary/aromatic N) is 2. The second-order valence-corrected chi connectivity index (χ2v) is 5.84. The van der Waals surface area contributed by atoms with Crippen molar-refractivity contribution in [2.45, 2.75) is 0 Å². The Morgan fingerprint density at radius 3 is 2.29 bits per heavy atom. The van der Waals surface area contributed by atoms with Gasteiger partial charge in [0.25, 0.3) is 0 Å². The lowest BCUT2D eigenvalue weighted by Gasteiger charge is -2.15. The van der Waals surface area contributed by atoms with Crippen LogP contribution >= 0.6 is 0 Å². The van der Waals surface area contributed by atoms with Crippen LogP contribution in [0.3, 0.4) is 0 Å². The van der Waals surface area contributed by atoms with Crippen LogP contribution in [0.1, 0.15) is 5.56 Å². The van der Waals surface area contributed by atoms with E-state index in [-0.39, 0.29) is 18.8 Å². The highest BCUT2D eigenvalue weighted by atomic mass is 16.6. The predicted octanol–water partition coefficient (Wildman–Crippen LogP) is 1.89. The summed E-state index contributed by atoms with van der Waals surface area (Å²) in [5.41, 5.74) is 1.45. The van der Waals surface area contributed by atoms with E-state index in [1.54, 1.807) is 13.2 Å². The van der Waals surface area contributed by atoms with Gasteiger partial charge in [-0.25, -0.2) is 4.79 Å². The number of hydrogen-bond donors (Lipinski definition) is 0. The van der Waals surface area contributed by atoms with Gasteiger partial charge in [0.15, 0.2) is 0 Å². The van der Waals surface area contributed by atoms with E-state index < -0.39 is 5.97 Å². The van der Waals surface area contributed by atoms with E-state index in [0.717, 1.165) is 5.69 Å². The predicted molar refractivity (Wildman–Crippen MR) is 105 cm³/mol. The molecular formula is C20H28N2O6. The molecule has 28 heavy (non-hydrogen) atoms. The highest BCUT2D eigenvalue weighted by Crippen LogP contribution is 2.26. The molecule has 154 valence electrons. The zero-order valence-corrected chi connectivity index (χ0v) is 16.9. The zero-order valence-electron chi connectivity index (χ0n) is 16.9. The molecule has 8 heteroatoms. The summed E-state index contributed by atoms with van der Waals surface area (Å²) in [6.07, 6.45) is 1.45. The van der Waals surface area contributed by atoms with Crippen molar-refractivity contribution in [3.63, 3.8) is 0 Å². The molecule has 0 heterocycles. The van der Waals surface area contributed by atoms with Gasteiger partial charge in [0, 0.05) is 38.5 Å². The van der Waals surface area contributed by atoms with E-state index in [0.29, 0.717) is 37.7 Å². The molecule has 1 aromatic carbocycles. The van der Waals surface area contributed by atoms with Gasteiger partial charge >= 0.3 is 5.97 Å². The second-order valence-electron chi connectivity index (χ2n) is 5.84. The SMILES string of the molecule is COCCOCCOCCOC(=O)/C(C#N)=C/c1ccc(N(C)C)cc1OC. The average Bonchev–Trinajstić information content (AvgIpc) is 2.70. The van der Waals surface area contributed by atoms with E-state index in [1.807, 2.05) is 37.2 Å². The molecule has 8 nitrogen and oxygen atoms in total. The van der Waals surface area contributed by atoms with Crippen molar-refractivity contribution in [3.8, 4) is 11.8 Å². The van der Waals surface area contributed by atoms with Crippen LogP contribution in [0.4, 0.5) is 5.69 Å². The fraction of sp³-hybridized carbons (Fsp3) is 0.500. The zero-order chi connectivity index (χ0) is 20.8. The lowest BCUT2D eigenvalue weighted by molar-refractivity contribution is -0.140. The van der Waals surface area contributed by atoms with Crippen molar-refractivity contribution in [1.82, 2.24) is 0 Å². The topological polar surface area (TPSA) is 90.2 Å². The molecule has 0 N–H and O–H groups in total. The fourth-order valence-electron chi connectivity index (χ4n) is 2.12. The molecule has 0 atom stereocenters. The molecule has 0 saturated carbocycles. The molecule has 0 fully saturated rings. The minimum absolute atomic E-state index is 0.0482. The molecule has 0 saturated heterocycles. The van der Waals surface area contributed by atoms with Crippen LogP contribution in [0.2, 0.25) is 0 Å². The molecule has 1 rings (SSSR count). The number of carbonyl (C=O) groups is 1. The number of anilines is 1. The summed E-state index contributed by atoms with van der Waals surface area (Å²) in [6, 6.07) is 7.35. The monoisotopic (exact) mass is 392 g/mol. The molecular weight excluding hydrogens is 364 g/mol. The van der Waals surface area contributed by atoms with Gasteiger partial charge in [0.05, 0.1) is 40.1 Å². The van der Waals surface area contributed by atoms with Crippen molar-refractivity contribution >= 4 is 17.7 Å². The van der Waals surface area contributed by atoms with Crippen LogP contribution in [0.15, 0.2) is 23.8 Å². The lowest BCUT2D eigenvalue weighted by atomic mass is 10.1. The Bertz CT molecular complexity index is 682. The maximum atomic E-state index is 12.1. The first kappa shape index (κ1) is 23.4. The molecule has 0 radical (unpaired) electrons. The summed E-state index contributed by atoms with van der Waals surface area (Å²) < 4.78 is 25.8. The smallest absolute Gasteiger partial charge is 0.348 e. The Kier molecular flexibility index (Phi) is 11.3. The van der Waals surface area contributed by atoms with E-state index in [9.17, 15) is 10.1 Å². The average molecular weight is 392 g/mol. The second kappa shape index (κ2) is 13.6. The summed E-state index contributed by atoms with van der Waals surface area (Å²) in [4.78, 5) is 14.0.